The van der Waals surface area contributed by atoms with Gasteiger partial charge < -0.3 is 9.64 Å². The molecule has 0 spiro atoms. The van der Waals surface area contributed by atoms with Crippen molar-refractivity contribution in [2.75, 3.05) is 33.5 Å². The minimum atomic E-state index is -3.26. The van der Waals surface area contributed by atoms with Gasteiger partial charge in [0.2, 0.25) is 0 Å². The normalized spacial score (nSPS) is 12.7. The van der Waals surface area contributed by atoms with Crippen molar-refractivity contribution in [1.29, 1.82) is 0 Å². The Bertz CT molecular complexity index is 1390. The van der Waals surface area contributed by atoms with Crippen molar-refractivity contribution in [3.63, 3.8) is 0 Å². The summed E-state index contributed by atoms with van der Waals surface area (Å²) in [6.45, 7) is 3.59. The van der Waals surface area contributed by atoms with Gasteiger partial charge in [-0.25, -0.2) is 8.42 Å². The summed E-state index contributed by atoms with van der Waals surface area (Å²) in [4.78, 5) is 2.42. The highest BCUT2D eigenvalue weighted by Gasteiger charge is 2.22. The van der Waals surface area contributed by atoms with Crippen molar-refractivity contribution in [3.8, 4) is 5.75 Å². The van der Waals surface area contributed by atoms with Gasteiger partial charge in [-0.15, -0.1) is 0 Å². The van der Waals surface area contributed by atoms with Gasteiger partial charge in [-0.2, -0.15) is 0 Å². The Morgan fingerprint density at radius 2 is 1.56 bits per heavy atom. The number of fused-ring (bicyclic) bond motifs is 1. The maximum absolute atomic E-state index is 12.0. The SMILES string of the molecule is Cc1cc(OCCN(C)C)ccc1C(c1ccc(S(C)(=O)=O)cc1)c1cccc2ccccc12. The van der Waals surface area contributed by atoms with Crippen LogP contribution in [0, 0.1) is 6.92 Å². The predicted octanol–water partition coefficient (Wildman–Crippen LogP) is 5.67. The molecule has 0 amide bonds. The lowest BCUT2D eigenvalue weighted by atomic mass is 9.81. The fourth-order valence-electron chi connectivity index (χ4n) is 4.34. The van der Waals surface area contributed by atoms with Crippen LogP contribution in [0.5, 0.6) is 5.75 Å². The molecule has 0 heterocycles. The van der Waals surface area contributed by atoms with Gasteiger partial charge in [0.1, 0.15) is 12.4 Å². The molecule has 34 heavy (non-hydrogen) atoms. The molecule has 0 aromatic heterocycles. The average molecular weight is 474 g/mol. The maximum atomic E-state index is 12.0. The highest BCUT2D eigenvalue weighted by Crippen LogP contribution is 2.38. The summed E-state index contributed by atoms with van der Waals surface area (Å²) < 4.78 is 30.0. The molecule has 4 rings (SSSR count). The van der Waals surface area contributed by atoms with Crippen LogP contribution in [0.1, 0.15) is 28.2 Å². The monoisotopic (exact) mass is 473 g/mol. The smallest absolute Gasteiger partial charge is 0.175 e. The first-order chi connectivity index (χ1) is 16.2. The van der Waals surface area contributed by atoms with E-state index >= 15 is 0 Å². The zero-order valence-corrected chi connectivity index (χ0v) is 21.0. The topological polar surface area (TPSA) is 46.6 Å². The molecular formula is C29H31NO3S. The Hall–Kier alpha value is -3.15. The maximum Gasteiger partial charge on any atom is 0.175 e. The summed E-state index contributed by atoms with van der Waals surface area (Å²) in [5.74, 6) is 0.808. The second kappa shape index (κ2) is 10.00. The Balaban J connectivity index is 1.82. The van der Waals surface area contributed by atoms with Gasteiger partial charge in [0.15, 0.2) is 9.84 Å². The first kappa shape index (κ1) is 24.0. The summed E-state index contributed by atoms with van der Waals surface area (Å²) in [5.41, 5.74) is 4.54. The Morgan fingerprint density at radius 3 is 2.24 bits per heavy atom. The van der Waals surface area contributed by atoms with Crippen LogP contribution >= 0.6 is 0 Å². The van der Waals surface area contributed by atoms with E-state index in [4.69, 9.17) is 4.74 Å². The van der Waals surface area contributed by atoms with Crippen LogP contribution in [0.15, 0.2) is 89.8 Å². The number of likely N-dealkylation sites (N-methyl/N-ethyl adjacent to an activating group) is 1. The third-order valence-electron chi connectivity index (χ3n) is 6.14. The van der Waals surface area contributed by atoms with Crippen LogP contribution in [0.4, 0.5) is 0 Å². The summed E-state index contributed by atoms with van der Waals surface area (Å²) in [7, 11) is 0.801. The van der Waals surface area contributed by atoms with E-state index < -0.39 is 9.84 Å². The molecule has 4 nitrogen and oxygen atoms in total. The molecule has 4 aromatic rings. The standard InChI is InChI=1S/C29H31NO3S/c1-21-20-24(33-19-18-30(2)3)14-17-26(21)29(23-12-15-25(16-13-23)34(4,31)32)28-11-7-9-22-8-5-6-10-27(22)28/h5-17,20,29H,18-19H2,1-4H3. The molecule has 0 saturated heterocycles. The third-order valence-corrected chi connectivity index (χ3v) is 7.26. The molecule has 0 radical (unpaired) electrons. The molecule has 0 aliphatic rings. The van der Waals surface area contributed by atoms with Crippen molar-refractivity contribution < 1.29 is 13.2 Å². The van der Waals surface area contributed by atoms with Crippen molar-refractivity contribution in [2.24, 2.45) is 0 Å². The Kier molecular flexibility index (Phi) is 7.05. The van der Waals surface area contributed by atoms with Crippen molar-refractivity contribution >= 4 is 20.6 Å². The number of rotatable bonds is 8. The largest absolute Gasteiger partial charge is 0.492 e. The summed E-state index contributed by atoms with van der Waals surface area (Å²) in [6.07, 6.45) is 1.24. The molecule has 0 aliphatic heterocycles. The lowest BCUT2D eigenvalue weighted by Gasteiger charge is -2.23. The minimum absolute atomic E-state index is 0.0458. The van der Waals surface area contributed by atoms with Crippen LogP contribution in [0.2, 0.25) is 0 Å². The van der Waals surface area contributed by atoms with E-state index in [9.17, 15) is 8.42 Å². The fourth-order valence-corrected chi connectivity index (χ4v) is 4.97. The molecule has 0 aliphatic carbocycles. The second-order valence-electron chi connectivity index (χ2n) is 9.01. The van der Waals surface area contributed by atoms with Gasteiger partial charge in [0.05, 0.1) is 4.90 Å². The second-order valence-corrected chi connectivity index (χ2v) is 11.0. The summed E-state index contributed by atoms with van der Waals surface area (Å²) in [6, 6.07) is 28.3. The number of ether oxygens (including phenoxy) is 1. The highest BCUT2D eigenvalue weighted by atomic mass is 32.2. The molecule has 0 saturated carbocycles. The van der Waals surface area contributed by atoms with Gasteiger partial charge in [0.25, 0.3) is 0 Å². The van der Waals surface area contributed by atoms with Crippen molar-refractivity contribution in [2.45, 2.75) is 17.7 Å². The summed E-state index contributed by atoms with van der Waals surface area (Å²) in [5, 5.41) is 2.37. The van der Waals surface area contributed by atoms with E-state index in [1.807, 2.05) is 38.4 Å². The quantitative estimate of drug-likeness (QED) is 0.309. The van der Waals surface area contributed by atoms with E-state index in [2.05, 4.69) is 60.4 Å². The van der Waals surface area contributed by atoms with Crippen molar-refractivity contribution in [1.82, 2.24) is 4.90 Å². The lowest BCUT2D eigenvalue weighted by molar-refractivity contribution is 0.261. The number of sulfone groups is 1. The van der Waals surface area contributed by atoms with Crippen LogP contribution in [-0.4, -0.2) is 46.8 Å². The van der Waals surface area contributed by atoms with E-state index in [0.29, 0.717) is 11.5 Å². The Morgan fingerprint density at radius 1 is 0.853 bits per heavy atom. The number of hydrogen-bond donors (Lipinski definition) is 0. The van der Waals surface area contributed by atoms with E-state index in [1.165, 1.54) is 28.2 Å². The fraction of sp³-hybridized carbons (Fsp3) is 0.241. The predicted molar refractivity (Wildman–Crippen MR) is 140 cm³/mol. The number of hydrogen-bond acceptors (Lipinski definition) is 4. The van der Waals surface area contributed by atoms with E-state index in [1.54, 1.807) is 12.1 Å². The zero-order chi connectivity index (χ0) is 24.3. The van der Waals surface area contributed by atoms with E-state index in [-0.39, 0.29) is 5.92 Å². The number of nitrogens with zero attached hydrogens (tertiary/aromatic N) is 1. The lowest BCUT2D eigenvalue weighted by Crippen LogP contribution is -2.19. The highest BCUT2D eigenvalue weighted by molar-refractivity contribution is 7.90. The van der Waals surface area contributed by atoms with Crippen molar-refractivity contribution in [3.05, 3.63) is 107 Å². The molecule has 0 fully saturated rings. The number of benzene rings is 4. The minimum Gasteiger partial charge on any atom is -0.492 e. The van der Waals surface area contributed by atoms with E-state index in [0.717, 1.165) is 23.4 Å². The van der Waals surface area contributed by atoms with Gasteiger partial charge >= 0.3 is 0 Å². The van der Waals surface area contributed by atoms with Crippen LogP contribution in [-0.2, 0) is 9.84 Å². The zero-order valence-electron chi connectivity index (χ0n) is 20.2. The van der Waals surface area contributed by atoms with Gasteiger partial charge in [-0.1, -0.05) is 60.7 Å². The molecule has 1 atom stereocenters. The first-order valence-electron chi connectivity index (χ1n) is 11.4. The van der Waals surface area contributed by atoms with Crippen LogP contribution in [0.25, 0.3) is 10.8 Å². The molecule has 0 N–H and O–H groups in total. The summed E-state index contributed by atoms with van der Waals surface area (Å²) >= 11 is 0. The molecule has 1 unspecified atom stereocenters. The molecule has 176 valence electrons. The number of aryl methyl sites for hydroxylation is 1. The molecular weight excluding hydrogens is 442 g/mol. The third kappa shape index (κ3) is 5.32. The van der Waals surface area contributed by atoms with Gasteiger partial charge in [0, 0.05) is 18.7 Å². The molecule has 5 heteroatoms. The molecule has 4 aromatic carbocycles. The van der Waals surface area contributed by atoms with Gasteiger partial charge in [-0.3, -0.25) is 0 Å². The van der Waals surface area contributed by atoms with Gasteiger partial charge in [-0.05, 0) is 78.3 Å². The van der Waals surface area contributed by atoms with Crippen LogP contribution < -0.4 is 4.74 Å². The average Bonchev–Trinajstić information content (AvgIpc) is 2.80. The first-order valence-corrected chi connectivity index (χ1v) is 13.3. The Labute approximate surface area is 202 Å². The van der Waals surface area contributed by atoms with Crippen LogP contribution in [0.3, 0.4) is 0 Å². The molecule has 0 bridgehead atoms.